The van der Waals surface area contributed by atoms with Crippen molar-refractivity contribution in [3.05, 3.63) is 34.2 Å². The van der Waals surface area contributed by atoms with Crippen molar-refractivity contribution in [2.75, 3.05) is 6.61 Å². The zero-order valence-electron chi connectivity index (χ0n) is 7.98. The van der Waals surface area contributed by atoms with Crippen LogP contribution in [0.4, 0.5) is 0 Å². The van der Waals surface area contributed by atoms with E-state index in [-0.39, 0.29) is 0 Å². The van der Waals surface area contributed by atoms with Gasteiger partial charge < -0.3 is 9.84 Å². The summed E-state index contributed by atoms with van der Waals surface area (Å²) in [6.07, 6.45) is 4.28. The Morgan fingerprint density at radius 2 is 2.50 bits per heavy atom. The van der Waals surface area contributed by atoms with Crippen LogP contribution in [-0.2, 0) is 11.2 Å². The molecule has 0 saturated heterocycles. The van der Waals surface area contributed by atoms with Gasteiger partial charge in [-0.15, -0.1) is 0 Å². The SMILES string of the molecule is OC(Cc1ccsc1)C1=CCCCO1. The molecule has 2 rings (SSSR count). The second-order valence-corrected chi connectivity index (χ2v) is 4.23. The van der Waals surface area contributed by atoms with Gasteiger partial charge in [-0.05, 0) is 41.3 Å². The number of aliphatic hydroxyl groups excluding tert-OH is 1. The quantitative estimate of drug-likeness (QED) is 0.829. The number of allylic oxidation sites excluding steroid dienone is 1. The van der Waals surface area contributed by atoms with Crippen molar-refractivity contribution >= 4 is 11.3 Å². The van der Waals surface area contributed by atoms with Crippen LogP contribution in [0.3, 0.4) is 0 Å². The highest BCUT2D eigenvalue weighted by Crippen LogP contribution is 2.18. The number of ether oxygens (including phenoxy) is 1. The van der Waals surface area contributed by atoms with Crippen molar-refractivity contribution < 1.29 is 9.84 Å². The van der Waals surface area contributed by atoms with Crippen LogP contribution in [0.15, 0.2) is 28.7 Å². The second-order valence-electron chi connectivity index (χ2n) is 3.45. The van der Waals surface area contributed by atoms with Crippen molar-refractivity contribution in [2.24, 2.45) is 0 Å². The lowest BCUT2D eigenvalue weighted by Gasteiger charge is -2.19. The maximum atomic E-state index is 9.86. The van der Waals surface area contributed by atoms with Gasteiger partial charge in [0.25, 0.3) is 0 Å². The molecule has 1 aliphatic rings. The van der Waals surface area contributed by atoms with E-state index in [1.54, 1.807) is 11.3 Å². The number of aliphatic hydroxyl groups is 1. The molecule has 0 spiro atoms. The lowest BCUT2D eigenvalue weighted by atomic mass is 10.1. The van der Waals surface area contributed by atoms with Crippen molar-refractivity contribution in [1.29, 1.82) is 0 Å². The molecule has 1 N–H and O–H groups in total. The van der Waals surface area contributed by atoms with Crippen molar-refractivity contribution in [2.45, 2.75) is 25.4 Å². The minimum Gasteiger partial charge on any atom is -0.495 e. The van der Waals surface area contributed by atoms with Gasteiger partial charge in [-0.2, -0.15) is 11.3 Å². The summed E-state index contributed by atoms with van der Waals surface area (Å²) < 4.78 is 5.40. The fourth-order valence-electron chi connectivity index (χ4n) is 1.54. The Morgan fingerprint density at radius 1 is 1.57 bits per heavy atom. The van der Waals surface area contributed by atoms with Gasteiger partial charge in [-0.1, -0.05) is 0 Å². The summed E-state index contributed by atoms with van der Waals surface area (Å²) in [7, 11) is 0. The van der Waals surface area contributed by atoms with Crippen LogP contribution in [0.25, 0.3) is 0 Å². The molecule has 14 heavy (non-hydrogen) atoms. The molecule has 0 bridgehead atoms. The summed E-state index contributed by atoms with van der Waals surface area (Å²) in [5, 5.41) is 13.9. The van der Waals surface area contributed by atoms with Crippen LogP contribution < -0.4 is 0 Å². The highest BCUT2D eigenvalue weighted by Gasteiger charge is 2.15. The Morgan fingerprint density at radius 3 is 3.14 bits per heavy atom. The van der Waals surface area contributed by atoms with Gasteiger partial charge in [0.2, 0.25) is 0 Å². The Labute approximate surface area is 87.8 Å². The van der Waals surface area contributed by atoms with Crippen LogP contribution in [0.1, 0.15) is 18.4 Å². The molecule has 1 unspecified atom stereocenters. The molecule has 0 aliphatic carbocycles. The fourth-order valence-corrected chi connectivity index (χ4v) is 2.22. The summed E-state index contributed by atoms with van der Waals surface area (Å²) in [4.78, 5) is 0. The Balaban J connectivity index is 1.95. The van der Waals surface area contributed by atoms with E-state index in [2.05, 4.69) is 5.38 Å². The van der Waals surface area contributed by atoms with E-state index < -0.39 is 6.10 Å². The van der Waals surface area contributed by atoms with Gasteiger partial charge in [0.1, 0.15) is 11.9 Å². The first-order chi connectivity index (χ1) is 6.86. The van der Waals surface area contributed by atoms with E-state index >= 15 is 0 Å². The Bertz CT molecular complexity index is 303. The smallest absolute Gasteiger partial charge is 0.121 e. The molecule has 2 nitrogen and oxygen atoms in total. The molecule has 76 valence electrons. The largest absolute Gasteiger partial charge is 0.495 e. The lowest BCUT2D eigenvalue weighted by Crippen LogP contribution is -2.18. The van der Waals surface area contributed by atoms with Crippen LogP contribution >= 0.6 is 11.3 Å². The highest BCUT2D eigenvalue weighted by molar-refractivity contribution is 7.07. The molecule has 1 aromatic heterocycles. The molecule has 0 amide bonds. The lowest BCUT2D eigenvalue weighted by molar-refractivity contribution is 0.0918. The van der Waals surface area contributed by atoms with E-state index in [4.69, 9.17) is 4.74 Å². The van der Waals surface area contributed by atoms with Crippen LogP contribution in [0.2, 0.25) is 0 Å². The highest BCUT2D eigenvalue weighted by atomic mass is 32.1. The van der Waals surface area contributed by atoms with Crippen molar-refractivity contribution in [1.82, 2.24) is 0 Å². The van der Waals surface area contributed by atoms with E-state index in [1.807, 2.05) is 17.5 Å². The molecule has 0 radical (unpaired) electrons. The molecule has 3 heteroatoms. The third kappa shape index (κ3) is 2.36. The van der Waals surface area contributed by atoms with Gasteiger partial charge in [0, 0.05) is 6.42 Å². The van der Waals surface area contributed by atoms with Crippen molar-refractivity contribution in [3.8, 4) is 0 Å². The zero-order valence-corrected chi connectivity index (χ0v) is 8.80. The van der Waals surface area contributed by atoms with Crippen LogP contribution in [0, 0.1) is 0 Å². The van der Waals surface area contributed by atoms with Gasteiger partial charge in [-0.25, -0.2) is 0 Å². The standard InChI is InChI=1S/C11H14O2S/c12-10(7-9-4-6-14-8-9)11-3-1-2-5-13-11/h3-4,6,8,10,12H,1-2,5,7H2. The first-order valence-corrected chi connectivity index (χ1v) is 5.82. The number of hydrogen-bond acceptors (Lipinski definition) is 3. The Hall–Kier alpha value is -0.800. The predicted octanol–water partition coefficient (Wildman–Crippen LogP) is 2.35. The number of hydrogen-bond donors (Lipinski definition) is 1. The molecular weight excluding hydrogens is 196 g/mol. The summed E-state index contributed by atoms with van der Waals surface area (Å²) >= 11 is 1.66. The average Bonchev–Trinajstić information content (AvgIpc) is 2.72. The van der Waals surface area contributed by atoms with E-state index in [9.17, 15) is 5.11 Å². The number of rotatable bonds is 3. The predicted molar refractivity (Wildman–Crippen MR) is 57.3 cm³/mol. The van der Waals surface area contributed by atoms with Crippen LogP contribution in [-0.4, -0.2) is 17.8 Å². The number of thiophene rings is 1. The summed E-state index contributed by atoms with van der Waals surface area (Å²) in [6.45, 7) is 0.743. The fraction of sp³-hybridized carbons (Fsp3) is 0.455. The van der Waals surface area contributed by atoms with Crippen molar-refractivity contribution in [3.63, 3.8) is 0 Å². The first-order valence-electron chi connectivity index (χ1n) is 4.88. The second kappa shape index (κ2) is 4.62. The first kappa shape index (κ1) is 9.74. The molecule has 1 aliphatic heterocycles. The van der Waals surface area contributed by atoms with Gasteiger partial charge in [-0.3, -0.25) is 0 Å². The monoisotopic (exact) mass is 210 g/mol. The van der Waals surface area contributed by atoms with Gasteiger partial charge in [0.15, 0.2) is 0 Å². The summed E-state index contributed by atoms with van der Waals surface area (Å²) in [6, 6.07) is 2.04. The molecular formula is C11H14O2S. The average molecular weight is 210 g/mol. The molecule has 0 saturated carbocycles. The zero-order chi connectivity index (χ0) is 9.80. The van der Waals surface area contributed by atoms with E-state index in [0.717, 1.165) is 25.2 Å². The summed E-state index contributed by atoms with van der Waals surface area (Å²) in [5.41, 5.74) is 1.18. The van der Waals surface area contributed by atoms with Gasteiger partial charge in [0.05, 0.1) is 6.61 Å². The molecule has 0 fully saturated rings. The Kier molecular flexibility index (Phi) is 3.22. The minimum atomic E-state index is -0.468. The van der Waals surface area contributed by atoms with Crippen LogP contribution in [0.5, 0.6) is 0 Å². The minimum absolute atomic E-state index is 0.468. The van der Waals surface area contributed by atoms with Gasteiger partial charge >= 0.3 is 0 Å². The summed E-state index contributed by atoms with van der Waals surface area (Å²) in [5.74, 6) is 0.752. The topological polar surface area (TPSA) is 29.5 Å². The molecule has 1 aromatic rings. The molecule has 2 heterocycles. The normalized spacial score (nSPS) is 18.5. The van der Waals surface area contributed by atoms with E-state index in [1.165, 1.54) is 5.56 Å². The maximum Gasteiger partial charge on any atom is 0.121 e. The van der Waals surface area contributed by atoms with E-state index in [0.29, 0.717) is 6.42 Å². The molecule has 1 atom stereocenters. The molecule has 0 aromatic carbocycles. The maximum absolute atomic E-state index is 9.86. The third-order valence-electron chi connectivity index (χ3n) is 2.30. The third-order valence-corrected chi connectivity index (χ3v) is 3.03.